The number of hydrogen-bond acceptors (Lipinski definition) is 5. The van der Waals surface area contributed by atoms with Crippen molar-refractivity contribution in [2.24, 2.45) is 11.3 Å². The third-order valence-electron chi connectivity index (χ3n) is 7.47. The fraction of sp³-hybridized carbons (Fsp3) is 0.818. The standard InChI is InChI=1S/C22H36ClN5O2/c1-2-26-9-5-18-14-20(27-10-12-30-13-11-27)4-6-22(18,17-26)21(29)24-7-3-8-28-16-19(23)15-25-28/h15-16,18,20H,2-14,17H2,1H3,(H,24,29)/t18-,20+,22-/m1/s1. The van der Waals surface area contributed by atoms with Gasteiger partial charge in [-0.05, 0) is 51.1 Å². The molecule has 1 aromatic heterocycles. The van der Waals surface area contributed by atoms with E-state index >= 15 is 0 Å². The Morgan fingerprint density at radius 2 is 2.17 bits per heavy atom. The monoisotopic (exact) mass is 437 g/mol. The van der Waals surface area contributed by atoms with Crippen LogP contribution in [-0.2, 0) is 16.1 Å². The SMILES string of the molecule is CCN1CC[C@@H]2C[C@@H](N3CCOCC3)CC[C@@]2(C(=O)NCCCn2cc(Cl)cn2)C1. The van der Waals surface area contributed by atoms with Crippen molar-refractivity contribution < 1.29 is 9.53 Å². The van der Waals surface area contributed by atoms with E-state index in [0.29, 0.717) is 23.5 Å². The summed E-state index contributed by atoms with van der Waals surface area (Å²) in [4.78, 5) is 18.6. The molecule has 1 aromatic rings. The number of carbonyl (C=O) groups is 1. The average molecular weight is 438 g/mol. The molecule has 168 valence electrons. The summed E-state index contributed by atoms with van der Waals surface area (Å²) >= 11 is 5.93. The van der Waals surface area contributed by atoms with Crippen LogP contribution in [0.3, 0.4) is 0 Å². The minimum Gasteiger partial charge on any atom is -0.379 e. The normalized spacial score (nSPS) is 30.7. The summed E-state index contributed by atoms with van der Waals surface area (Å²) in [7, 11) is 0. The van der Waals surface area contributed by atoms with Gasteiger partial charge in [-0.15, -0.1) is 0 Å². The fourth-order valence-electron chi connectivity index (χ4n) is 5.71. The number of morpholine rings is 1. The maximum absolute atomic E-state index is 13.5. The molecule has 0 radical (unpaired) electrons. The molecule has 1 aliphatic carbocycles. The predicted octanol–water partition coefficient (Wildman–Crippen LogP) is 2.26. The molecule has 3 atom stereocenters. The van der Waals surface area contributed by atoms with Crippen molar-refractivity contribution in [2.75, 3.05) is 52.5 Å². The van der Waals surface area contributed by atoms with Crippen LogP contribution in [0.4, 0.5) is 0 Å². The van der Waals surface area contributed by atoms with E-state index in [1.165, 1.54) is 0 Å². The van der Waals surface area contributed by atoms with Crippen molar-refractivity contribution in [1.82, 2.24) is 24.9 Å². The second kappa shape index (κ2) is 9.98. The molecule has 1 saturated carbocycles. The van der Waals surface area contributed by atoms with Crippen LogP contribution >= 0.6 is 11.6 Å². The van der Waals surface area contributed by atoms with Gasteiger partial charge in [0, 0.05) is 45.0 Å². The lowest BCUT2D eigenvalue weighted by molar-refractivity contribution is -0.144. The van der Waals surface area contributed by atoms with Crippen molar-refractivity contribution in [2.45, 2.75) is 51.6 Å². The molecule has 1 N–H and O–H groups in total. The number of fused-ring (bicyclic) bond motifs is 1. The van der Waals surface area contributed by atoms with Gasteiger partial charge in [0.1, 0.15) is 0 Å². The van der Waals surface area contributed by atoms with Gasteiger partial charge in [-0.3, -0.25) is 14.4 Å². The number of rotatable bonds is 7. The number of hydrogen-bond donors (Lipinski definition) is 1. The first-order valence-corrected chi connectivity index (χ1v) is 12.0. The highest BCUT2D eigenvalue weighted by Crippen LogP contribution is 2.47. The zero-order valence-corrected chi connectivity index (χ0v) is 18.9. The first-order chi connectivity index (χ1) is 14.6. The van der Waals surface area contributed by atoms with Gasteiger partial charge >= 0.3 is 0 Å². The van der Waals surface area contributed by atoms with Crippen LogP contribution in [0, 0.1) is 11.3 Å². The Bertz CT molecular complexity index is 707. The smallest absolute Gasteiger partial charge is 0.227 e. The molecule has 2 aliphatic heterocycles. The number of nitrogens with zero attached hydrogens (tertiary/aromatic N) is 4. The lowest BCUT2D eigenvalue weighted by Crippen LogP contribution is -2.60. The van der Waals surface area contributed by atoms with Crippen molar-refractivity contribution >= 4 is 17.5 Å². The number of aromatic nitrogens is 2. The first kappa shape index (κ1) is 22.1. The molecule has 0 spiro atoms. The third kappa shape index (κ3) is 4.85. The Kier molecular flexibility index (Phi) is 7.34. The van der Waals surface area contributed by atoms with E-state index in [9.17, 15) is 4.79 Å². The van der Waals surface area contributed by atoms with Crippen LogP contribution in [0.1, 0.15) is 39.0 Å². The Morgan fingerprint density at radius 1 is 1.33 bits per heavy atom. The Morgan fingerprint density at radius 3 is 2.90 bits per heavy atom. The lowest BCUT2D eigenvalue weighted by atomic mass is 9.61. The summed E-state index contributed by atoms with van der Waals surface area (Å²) in [6.45, 7) is 10.5. The topological polar surface area (TPSA) is 62.6 Å². The zero-order chi connectivity index (χ0) is 21.0. The summed E-state index contributed by atoms with van der Waals surface area (Å²) in [5.74, 6) is 0.747. The number of piperidine rings is 1. The summed E-state index contributed by atoms with van der Waals surface area (Å²) in [6, 6.07) is 0.609. The van der Waals surface area contributed by atoms with E-state index in [1.54, 1.807) is 6.20 Å². The van der Waals surface area contributed by atoms with Crippen LogP contribution in [-0.4, -0.2) is 84.0 Å². The minimum absolute atomic E-state index is 0.230. The molecule has 3 aliphatic rings. The lowest BCUT2D eigenvalue weighted by Gasteiger charge is -2.53. The van der Waals surface area contributed by atoms with Crippen LogP contribution in [0.5, 0.6) is 0 Å². The van der Waals surface area contributed by atoms with Gasteiger partial charge in [0.15, 0.2) is 0 Å². The molecule has 0 aromatic carbocycles. The zero-order valence-electron chi connectivity index (χ0n) is 18.2. The molecular weight excluding hydrogens is 402 g/mol. The average Bonchev–Trinajstić information content (AvgIpc) is 3.21. The molecule has 30 heavy (non-hydrogen) atoms. The molecule has 3 fully saturated rings. The molecule has 4 rings (SSSR count). The van der Waals surface area contributed by atoms with Crippen LogP contribution < -0.4 is 5.32 Å². The highest BCUT2D eigenvalue weighted by Gasteiger charge is 2.52. The number of ether oxygens (including phenoxy) is 1. The second-order valence-electron chi connectivity index (χ2n) is 9.12. The van der Waals surface area contributed by atoms with Crippen LogP contribution in [0.25, 0.3) is 0 Å². The maximum atomic E-state index is 13.5. The third-order valence-corrected chi connectivity index (χ3v) is 7.67. The molecule has 7 nitrogen and oxygen atoms in total. The quantitative estimate of drug-likeness (QED) is 0.663. The van der Waals surface area contributed by atoms with Crippen molar-refractivity contribution in [3.63, 3.8) is 0 Å². The van der Waals surface area contributed by atoms with Gasteiger partial charge in [-0.2, -0.15) is 5.10 Å². The summed E-state index contributed by atoms with van der Waals surface area (Å²) < 4.78 is 7.38. The summed E-state index contributed by atoms with van der Waals surface area (Å²) in [5.41, 5.74) is -0.230. The molecule has 2 saturated heterocycles. The minimum atomic E-state index is -0.230. The summed E-state index contributed by atoms with van der Waals surface area (Å²) in [5, 5.41) is 8.15. The van der Waals surface area contributed by atoms with E-state index in [2.05, 4.69) is 27.1 Å². The van der Waals surface area contributed by atoms with E-state index < -0.39 is 0 Å². The van der Waals surface area contributed by atoms with Gasteiger partial charge in [0.2, 0.25) is 5.91 Å². The molecule has 1 amide bonds. The fourth-order valence-corrected chi connectivity index (χ4v) is 5.87. The van der Waals surface area contributed by atoms with Crippen LogP contribution in [0.2, 0.25) is 5.02 Å². The highest BCUT2D eigenvalue weighted by atomic mass is 35.5. The van der Waals surface area contributed by atoms with Gasteiger partial charge in [0.25, 0.3) is 0 Å². The highest BCUT2D eigenvalue weighted by molar-refractivity contribution is 6.30. The first-order valence-electron chi connectivity index (χ1n) is 11.6. The Labute approximate surface area is 185 Å². The summed E-state index contributed by atoms with van der Waals surface area (Å²) in [6.07, 6.45) is 8.73. The van der Waals surface area contributed by atoms with Crippen molar-refractivity contribution in [3.8, 4) is 0 Å². The van der Waals surface area contributed by atoms with Crippen LogP contribution in [0.15, 0.2) is 12.4 Å². The number of carbonyl (C=O) groups excluding carboxylic acids is 1. The molecular formula is C22H36ClN5O2. The van der Waals surface area contributed by atoms with Gasteiger partial charge in [-0.25, -0.2) is 0 Å². The second-order valence-corrected chi connectivity index (χ2v) is 9.55. The van der Waals surface area contributed by atoms with Gasteiger partial charge in [0.05, 0.1) is 29.8 Å². The van der Waals surface area contributed by atoms with E-state index in [4.69, 9.17) is 16.3 Å². The Hall–Kier alpha value is -1.15. The van der Waals surface area contributed by atoms with Crippen molar-refractivity contribution in [3.05, 3.63) is 17.4 Å². The predicted molar refractivity (Wildman–Crippen MR) is 118 cm³/mol. The maximum Gasteiger partial charge on any atom is 0.227 e. The van der Waals surface area contributed by atoms with Gasteiger partial charge in [-0.1, -0.05) is 18.5 Å². The molecule has 0 unspecified atom stereocenters. The molecule has 0 bridgehead atoms. The number of aryl methyl sites for hydroxylation is 1. The molecule has 3 heterocycles. The number of likely N-dealkylation sites (tertiary alicyclic amines) is 1. The number of amides is 1. The molecule has 8 heteroatoms. The van der Waals surface area contributed by atoms with E-state index in [1.807, 2.05) is 10.9 Å². The van der Waals surface area contributed by atoms with Gasteiger partial charge < -0.3 is 15.0 Å². The van der Waals surface area contributed by atoms with E-state index in [-0.39, 0.29) is 11.3 Å². The number of halogens is 1. The largest absolute Gasteiger partial charge is 0.379 e. The Balaban J connectivity index is 1.36. The van der Waals surface area contributed by atoms with E-state index in [0.717, 1.165) is 84.6 Å². The van der Waals surface area contributed by atoms with Crippen molar-refractivity contribution in [1.29, 1.82) is 0 Å². The number of nitrogens with one attached hydrogen (secondary N) is 1.